The number of amides is 1. The summed E-state index contributed by atoms with van der Waals surface area (Å²) >= 11 is 0. The molecular formula is C14H22N4O3. The molecule has 116 valence electrons. The van der Waals surface area contributed by atoms with Crippen molar-refractivity contribution < 1.29 is 9.72 Å². The van der Waals surface area contributed by atoms with E-state index in [0.717, 1.165) is 5.56 Å². The van der Waals surface area contributed by atoms with Crippen LogP contribution < -0.4 is 5.32 Å². The van der Waals surface area contributed by atoms with E-state index < -0.39 is 4.92 Å². The summed E-state index contributed by atoms with van der Waals surface area (Å²) in [6.45, 7) is 3.45. The lowest BCUT2D eigenvalue weighted by Crippen LogP contribution is -2.36. The van der Waals surface area contributed by atoms with Gasteiger partial charge >= 0.3 is 0 Å². The number of carbonyl (C=O) groups excluding carboxylic acids is 1. The summed E-state index contributed by atoms with van der Waals surface area (Å²) in [6.07, 6.45) is 0. The normalized spacial score (nSPS) is 10.5. The molecule has 0 aliphatic carbocycles. The molecule has 1 aromatic rings. The summed E-state index contributed by atoms with van der Waals surface area (Å²) in [7, 11) is 5.07. The van der Waals surface area contributed by atoms with E-state index >= 15 is 0 Å². The van der Waals surface area contributed by atoms with Crippen LogP contribution in [0, 0.1) is 10.1 Å². The Labute approximate surface area is 124 Å². The Bertz CT molecular complexity index is 517. The van der Waals surface area contributed by atoms with Crippen LogP contribution in [0.3, 0.4) is 0 Å². The number of nitrogens with zero attached hydrogens (tertiary/aromatic N) is 3. The molecule has 0 heterocycles. The maximum absolute atomic E-state index is 11.7. The molecule has 1 N–H and O–H groups in total. The number of nitro benzene ring substituents is 1. The second-order valence-corrected chi connectivity index (χ2v) is 4.95. The lowest BCUT2D eigenvalue weighted by Gasteiger charge is -2.22. The van der Waals surface area contributed by atoms with Gasteiger partial charge in [0.1, 0.15) is 5.69 Å². The van der Waals surface area contributed by atoms with Gasteiger partial charge < -0.3 is 10.2 Å². The van der Waals surface area contributed by atoms with Gasteiger partial charge in [-0.25, -0.2) is 0 Å². The van der Waals surface area contributed by atoms with E-state index in [2.05, 4.69) is 5.32 Å². The van der Waals surface area contributed by atoms with Crippen LogP contribution in [0.15, 0.2) is 18.2 Å². The van der Waals surface area contributed by atoms with Gasteiger partial charge in [-0.05, 0) is 18.2 Å². The standard InChI is InChI=1S/C14H22N4O3/c1-5-17(10-14(19)16(3)4)9-11-6-7-12(15-2)13(8-11)18(20)21/h6-8,15H,5,9-10H2,1-4H3. The molecule has 0 spiro atoms. The molecule has 0 aromatic heterocycles. The van der Waals surface area contributed by atoms with Gasteiger partial charge in [0.05, 0.1) is 11.5 Å². The van der Waals surface area contributed by atoms with Crippen molar-refractivity contribution in [2.45, 2.75) is 13.5 Å². The van der Waals surface area contributed by atoms with E-state index in [0.29, 0.717) is 25.3 Å². The number of anilines is 1. The molecule has 0 saturated carbocycles. The van der Waals surface area contributed by atoms with Crippen LogP contribution in [0.2, 0.25) is 0 Å². The number of benzene rings is 1. The van der Waals surface area contributed by atoms with Crippen LogP contribution in [0.25, 0.3) is 0 Å². The Hall–Kier alpha value is -2.15. The lowest BCUT2D eigenvalue weighted by atomic mass is 10.1. The van der Waals surface area contributed by atoms with Crippen molar-refractivity contribution >= 4 is 17.3 Å². The van der Waals surface area contributed by atoms with Gasteiger partial charge in [-0.2, -0.15) is 0 Å². The largest absolute Gasteiger partial charge is 0.383 e. The van der Waals surface area contributed by atoms with Crippen molar-refractivity contribution in [3.05, 3.63) is 33.9 Å². The van der Waals surface area contributed by atoms with E-state index in [1.807, 2.05) is 17.9 Å². The van der Waals surface area contributed by atoms with Crippen LogP contribution in [0.1, 0.15) is 12.5 Å². The SMILES string of the molecule is CCN(CC(=O)N(C)C)Cc1ccc(NC)c([N+](=O)[O-])c1. The van der Waals surface area contributed by atoms with Gasteiger partial charge in [0, 0.05) is 33.8 Å². The predicted octanol–water partition coefficient (Wildman–Crippen LogP) is 1.55. The molecule has 1 aromatic carbocycles. The first-order valence-electron chi connectivity index (χ1n) is 6.76. The Balaban J connectivity index is 2.88. The molecule has 0 fully saturated rings. The van der Waals surface area contributed by atoms with E-state index in [4.69, 9.17) is 0 Å². The molecule has 7 heteroatoms. The number of hydrogen-bond donors (Lipinski definition) is 1. The van der Waals surface area contributed by atoms with Gasteiger partial charge in [0.25, 0.3) is 5.69 Å². The van der Waals surface area contributed by atoms with E-state index in [9.17, 15) is 14.9 Å². The first kappa shape index (κ1) is 16.9. The second-order valence-electron chi connectivity index (χ2n) is 4.95. The van der Waals surface area contributed by atoms with Crippen molar-refractivity contribution in [1.82, 2.24) is 9.80 Å². The highest BCUT2D eigenvalue weighted by molar-refractivity contribution is 5.77. The minimum Gasteiger partial charge on any atom is -0.383 e. The van der Waals surface area contributed by atoms with Crippen LogP contribution in [0.4, 0.5) is 11.4 Å². The van der Waals surface area contributed by atoms with Gasteiger partial charge in [0.15, 0.2) is 0 Å². The number of nitrogens with one attached hydrogen (secondary N) is 1. The zero-order valence-corrected chi connectivity index (χ0v) is 12.9. The van der Waals surface area contributed by atoms with Crippen LogP contribution >= 0.6 is 0 Å². The zero-order chi connectivity index (χ0) is 16.0. The summed E-state index contributed by atoms with van der Waals surface area (Å²) in [5, 5.41) is 13.8. The summed E-state index contributed by atoms with van der Waals surface area (Å²) < 4.78 is 0. The first-order valence-corrected chi connectivity index (χ1v) is 6.76. The fraction of sp³-hybridized carbons (Fsp3) is 0.500. The molecule has 0 bridgehead atoms. The third-order valence-electron chi connectivity index (χ3n) is 3.24. The summed E-state index contributed by atoms with van der Waals surface area (Å²) in [5.74, 6) is 0.0122. The number of rotatable bonds is 7. The highest BCUT2D eigenvalue weighted by Crippen LogP contribution is 2.25. The quantitative estimate of drug-likeness (QED) is 0.609. The number of carbonyl (C=O) groups is 1. The number of nitro groups is 1. The van der Waals surface area contributed by atoms with E-state index in [1.165, 1.54) is 4.90 Å². The zero-order valence-electron chi connectivity index (χ0n) is 12.9. The molecule has 21 heavy (non-hydrogen) atoms. The third-order valence-corrected chi connectivity index (χ3v) is 3.24. The molecule has 7 nitrogen and oxygen atoms in total. The highest BCUT2D eigenvalue weighted by atomic mass is 16.6. The molecule has 0 aliphatic rings. The molecule has 1 amide bonds. The smallest absolute Gasteiger partial charge is 0.292 e. The van der Waals surface area contributed by atoms with Gasteiger partial charge in [-0.1, -0.05) is 13.0 Å². The maximum Gasteiger partial charge on any atom is 0.292 e. The summed E-state index contributed by atoms with van der Waals surface area (Å²) in [4.78, 5) is 25.9. The summed E-state index contributed by atoms with van der Waals surface area (Å²) in [6, 6.07) is 5.07. The van der Waals surface area contributed by atoms with E-state index in [1.54, 1.807) is 33.3 Å². The Morgan fingerprint density at radius 2 is 2.05 bits per heavy atom. The molecule has 0 saturated heterocycles. The van der Waals surface area contributed by atoms with Crippen molar-refractivity contribution in [2.24, 2.45) is 0 Å². The molecule has 0 aliphatic heterocycles. The fourth-order valence-corrected chi connectivity index (χ4v) is 1.91. The van der Waals surface area contributed by atoms with Gasteiger partial charge in [-0.3, -0.25) is 19.8 Å². The Morgan fingerprint density at radius 3 is 2.52 bits per heavy atom. The number of likely N-dealkylation sites (N-methyl/N-ethyl adjacent to an activating group) is 2. The monoisotopic (exact) mass is 294 g/mol. The third kappa shape index (κ3) is 4.71. The maximum atomic E-state index is 11.7. The molecule has 0 radical (unpaired) electrons. The second kappa shape index (κ2) is 7.58. The number of hydrogen-bond acceptors (Lipinski definition) is 5. The average Bonchev–Trinajstić information content (AvgIpc) is 2.45. The summed E-state index contributed by atoms with van der Waals surface area (Å²) in [5.41, 5.74) is 1.34. The first-order chi connectivity index (χ1) is 9.88. The minimum atomic E-state index is -0.406. The van der Waals surface area contributed by atoms with Crippen molar-refractivity contribution in [1.29, 1.82) is 0 Å². The van der Waals surface area contributed by atoms with Crippen molar-refractivity contribution in [3.8, 4) is 0 Å². The molecular weight excluding hydrogens is 272 g/mol. The topological polar surface area (TPSA) is 78.7 Å². The highest BCUT2D eigenvalue weighted by Gasteiger charge is 2.16. The molecule has 0 atom stereocenters. The Morgan fingerprint density at radius 1 is 1.38 bits per heavy atom. The fourth-order valence-electron chi connectivity index (χ4n) is 1.91. The molecule has 1 rings (SSSR count). The van der Waals surface area contributed by atoms with Crippen LogP contribution in [-0.2, 0) is 11.3 Å². The lowest BCUT2D eigenvalue weighted by molar-refractivity contribution is -0.384. The average molecular weight is 294 g/mol. The van der Waals surface area contributed by atoms with Crippen molar-refractivity contribution in [3.63, 3.8) is 0 Å². The van der Waals surface area contributed by atoms with Gasteiger partial charge in [-0.15, -0.1) is 0 Å². The minimum absolute atomic E-state index is 0.0122. The van der Waals surface area contributed by atoms with Crippen LogP contribution in [-0.4, -0.2) is 54.9 Å². The van der Waals surface area contributed by atoms with Crippen molar-refractivity contribution in [2.75, 3.05) is 39.5 Å². The van der Waals surface area contributed by atoms with E-state index in [-0.39, 0.29) is 11.6 Å². The predicted molar refractivity (Wildman–Crippen MR) is 82.3 cm³/mol. The molecule has 0 unspecified atom stereocenters. The van der Waals surface area contributed by atoms with Crippen LogP contribution in [0.5, 0.6) is 0 Å². The Kier molecular flexibility index (Phi) is 6.10. The van der Waals surface area contributed by atoms with Gasteiger partial charge in [0.2, 0.25) is 5.91 Å².